The van der Waals surface area contributed by atoms with Crippen LogP contribution < -0.4 is 14.8 Å². The number of amides is 2. The van der Waals surface area contributed by atoms with Crippen molar-refractivity contribution in [3.63, 3.8) is 0 Å². The van der Waals surface area contributed by atoms with Gasteiger partial charge in [-0.25, -0.2) is 4.39 Å². The number of carbonyl (C=O) groups is 2. The van der Waals surface area contributed by atoms with Crippen LogP contribution in [0.1, 0.15) is 15.9 Å². The van der Waals surface area contributed by atoms with Crippen LogP contribution in [0, 0.1) is 5.82 Å². The number of piperazine rings is 1. The Hall–Kier alpha value is -3.87. The highest BCUT2D eigenvalue weighted by Crippen LogP contribution is 2.32. The SMILES string of the molecule is COc1cccc(OC)c1C(=O)N1CCNC(=O)C1Cc1ccccc1-c1ccc(F)cc1. The van der Waals surface area contributed by atoms with Gasteiger partial charge in [-0.3, -0.25) is 9.59 Å². The van der Waals surface area contributed by atoms with E-state index in [0.717, 1.165) is 16.7 Å². The van der Waals surface area contributed by atoms with Crippen LogP contribution in [-0.2, 0) is 11.2 Å². The lowest BCUT2D eigenvalue weighted by Crippen LogP contribution is -2.58. The van der Waals surface area contributed by atoms with E-state index >= 15 is 0 Å². The predicted molar refractivity (Wildman–Crippen MR) is 123 cm³/mol. The normalized spacial score (nSPS) is 15.7. The Balaban J connectivity index is 1.70. The lowest BCUT2D eigenvalue weighted by atomic mass is 9.93. The summed E-state index contributed by atoms with van der Waals surface area (Å²) in [4.78, 5) is 28.1. The van der Waals surface area contributed by atoms with Gasteiger partial charge in [0.1, 0.15) is 28.9 Å². The van der Waals surface area contributed by atoms with E-state index in [2.05, 4.69) is 5.32 Å². The molecule has 0 radical (unpaired) electrons. The van der Waals surface area contributed by atoms with Gasteiger partial charge in [-0.1, -0.05) is 42.5 Å². The third-order valence-electron chi connectivity index (χ3n) is 5.82. The molecule has 4 rings (SSSR count). The molecule has 1 fully saturated rings. The average molecular weight is 448 g/mol. The minimum absolute atomic E-state index is 0.225. The topological polar surface area (TPSA) is 67.9 Å². The van der Waals surface area contributed by atoms with E-state index in [0.29, 0.717) is 31.0 Å². The molecule has 2 amide bonds. The Morgan fingerprint density at radius 2 is 1.67 bits per heavy atom. The quantitative estimate of drug-likeness (QED) is 0.625. The van der Waals surface area contributed by atoms with Crippen LogP contribution in [0.4, 0.5) is 4.39 Å². The largest absolute Gasteiger partial charge is 0.496 e. The maximum Gasteiger partial charge on any atom is 0.262 e. The van der Waals surface area contributed by atoms with Crippen molar-refractivity contribution in [3.8, 4) is 22.6 Å². The van der Waals surface area contributed by atoms with Gasteiger partial charge >= 0.3 is 0 Å². The first-order valence-electron chi connectivity index (χ1n) is 10.7. The third-order valence-corrected chi connectivity index (χ3v) is 5.82. The molecule has 0 saturated carbocycles. The van der Waals surface area contributed by atoms with Crippen LogP contribution in [0.25, 0.3) is 11.1 Å². The van der Waals surface area contributed by atoms with Crippen LogP contribution in [0.3, 0.4) is 0 Å². The van der Waals surface area contributed by atoms with Gasteiger partial charge in [0.2, 0.25) is 5.91 Å². The van der Waals surface area contributed by atoms with Gasteiger partial charge in [0.15, 0.2) is 0 Å². The molecule has 1 N–H and O–H groups in total. The standard InChI is InChI=1S/C26H25FN2O4/c1-32-22-8-5-9-23(33-2)24(22)26(31)29-15-14-28-25(30)21(29)16-18-6-3-4-7-20(18)17-10-12-19(27)13-11-17/h3-13,21H,14-16H2,1-2H3,(H,28,30). The summed E-state index contributed by atoms with van der Waals surface area (Å²) in [5.41, 5.74) is 2.90. The Morgan fingerprint density at radius 3 is 2.33 bits per heavy atom. The molecule has 1 aliphatic rings. The average Bonchev–Trinajstić information content (AvgIpc) is 2.85. The summed E-state index contributed by atoms with van der Waals surface area (Å²) in [6, 6.07) is 18.3. The zero-order chi connectivity index (χ0) is 23.4. The molecule has 1 aliphatic heterocycles. The van der Waals surface area contributed by atoms with Crippen molar-refractivity contribution in [3.05, 3.63) is 83.7 Å². The first kappa shape index (κ1) is 22.3. The molecule has 0 aliphatic carbocycles. The molecule has 33 heavy (non-hydrogen) atoms. The fourth-order valence-electron chi connectivity index (χ4n) is 4.18. The van der Waals surface area contributed by atoms with Crippen molar-refractivity contribution in [2.45, 2.75) is 12.5 Å². The van der Waals surface area contributed by atoms with Crippen LogP contribution in [0.2, 0.25) is 0 Å². The number of rotatable bonds is 6. The van der Waals surface area contributed by atoms with Gasteiger partial charge in [0.05, 0.1) is 14.2 Å². The number of halogens is 1. The molecule has 0 bridgehead atoms. The van der Waals surface area contributed by atoms with E-state index in [1.54, 1.807) is 35.2 Å². The van der Waals surface area contributed by atoms with Crippen LogP contribution in [0.15, 0.2) is 66.7 Å². The lowest BCUT2D eigenvalue weighted by molar-refractivity contribution is -0.127. The Morgan fingerprint density at radius 1 is 1.00 bits per heavy atom. The smallest absolute Gasteiger partial charge is 0.262 e. The van der Waals surface area contributed by atoms with Crippen molar-refractivity contribution in [2.24, 2.45) is 0 Å². The molecule has 3 aromatic rings. The molecule has 0 aromatic heterocycles. The maximum absolute atomic E-state index is 13.6. The van der Waals surface area contributed by atoms with Gasteiger partial charge in [-0.15, -0.1) is 0 Å². The Kier molecular flexibility index (Phi) is 6.58. The molecule has 0 spiro atoms. The lowest BCUT2D eigenvalue weighted by Gasteiger charge is -2.36. The van der Waals surface area contributed by atoms with Crippen molar-refractivity contribution in [1.82, 2.24) is 10.2 Å². The number of carbonyl (C=O) groups excluding carboxylic acids is 2. The van der Waals surface area contributed by atoms with E-state index in [1.807, 2.05) is 24.3 Å². The minimum Gasteiger partial charge on any atom is -0.496 e. The number of methoxy groups -OCH3 is 2. The molecule has 7 heteroatoms. The highest BCUT2D eigenvalue weighted by molar-refractivity contribution is 6.02. The highest BCUT2D eigenvalue weighted by atomic mass is 19.1. The Labute approximate surface area is 191 Å². The number of hydrogen-bond donors (Lipinski definition) is 1. The van der Waals surface area contributed by atoms with Gasteiger partial charge in [-0.05, 0) is 41.0 Å². The van der Waals surface area contributed by atoms with Crippen LogP contribution >= 0.6 is 0 Å². The summed E-state index contributed by atoms with van der Waals surface area (Å²) in [6.45, 7) is 0.716. The van der Waals surface area contributed by atoms with Gasteiger partial charge in [0.25, 0.3) is 5.91 Å². The fourth-order valence-corrected chi connectivity index (χ4v) is 4.18. The third kappa shape index (κ3) is 4.53. The number of hydrogen-bond acceptors (Lipinski definition) is 4. The van der Waals surface area contributed by atoms with E-state index in [-0.39, 0.29) is 23.2 Å². The molecule has 6 nitrogen and oxygen atoms in total. The molecule has 1 saturated heterocycles. The number of nitrogens with zero attached hydrogens (tertiary/aromatic N) is 1. The van der Waals surface area contributed by atoms with Crippen molar-refractivity contribution in [1.29, 1.82) is 0 Å². The van der Waals surface area contributed by atoms with Crippen molar-refractivity contribution < 1.29 is 23.5 Å². The van der Waals surface area contributed by atoms with Gasteiger partial charge < -0.3 is 19.7 Å². The minimum atomic E-state index is -0.720. The fraction of sp³-hybridized carbons (Fsp3) is 0.231. The molecular weight excluding hydrogens is 423 g/mol. The first-order chi connectivity index (χ1) is 16.0. The second-order valence-corrected chi connectivity index (χ2v) is 7.71. The van der Waals surface area contributed by atoms with Gasteiger partial charge in [0, 0.05) is 19.5 Å². The summed E-state index contributed by atoms with van der Waals surface area (Å²) in [5.74, 6) is -0.0993. The molecule has 1 unspecified atom stereocenters. The van der Waals surface area contributed by atoms with E-state index in [9.17, 15) is 14.0 Å². The molecule has 1 atom stereocenters. The first-order valence-corrected chi connectivity index (χ1v) is 10.7. The molecule has 1 heterocycles. The number of nitrogens with one attached hydrogen (secondary N) is 1. The summed E-state index contributed by atoms with van der Waals surface area (Å²) in [7, 11) is 2.98. The highest BCUT2D eigenvalue weighted by Gasteiger charge is 2.36. The summed E-state index contributed by atoms with van der Waals surface area (Å²) in [5, 5.41) is 2.87. The van der Waals surface area contributed by atoms with Crippen molar-refractivity contribution >= 4 is 11.8 Å². The van der Waals surface area contributed by atoms with E-state index in [1.165, 1.54) is 26.4 Å². The van der Waals surface area contributed by atoms with Crippen molar-refractivity contribution in [2.75, 3.05) is 27.3 Å². The van der Waals surface area contributed by atoms with E-state index < -0.39 is 6.04 Å². The summed E-state index contributed by atoms with van der Waals surface area (Å²) >= 11 is 0. The molecule has 170 valence electrons. The summed E-state index contributed by atoms with van der Waals surface area (Å²) < 4.78 is 24.3. The zero-order valence-corrected chi connectivity index (χ0v) is 18.5. The molecular formula is C26H25FN2O4. The Bertz CT molecular complexity index is 1140. The zero-order valence-electron chi connectivity index (χ0n) is 18.5. The molecule has 3 aromatic carbocycles. The van der Waals surface area contributed by atoms with Crippen LogP contribution in [0.5, 0.6) is 11.5 Å². The number of ether oxygens (including phenoxy) is 2. The van der Waals surface area contributed by atoms with Gasteiger partial charge in [-0.2, -0.15) is 0 Å². The van der Waals surface area contributed by atoms with Crippen LogP contribution in [-0.4, -0.2) is 50.1 Å². The number of benzene rings is 3. The predicted octanol–water partition coefficient (Wildman–Crippen LogP) is 3.69. The van der Waals surface area contributed by atoms with E-state index in [4.69, 9.17) is 9.47 Å². The maximum atomic E-state index is 13.6. The second-order valence-electron chi connectivity index (χ2n) is 7.71. The monoisotopic (exact) mass is 448 g/mol. The summed E-state index contributed by atoms with van der Waals surface area (Å²) in [6.07, 6.45) is 0.308. The second kappa shape index (κ2) is 9.73.